The molecule has 0 bridgehead atoms. The fraction of sp³-hybridized carbons (Fsp3) is 0.625. The van der Waals surface area contributed by atoms with Gasteiger partial charge in [0.1, 0.15) is 0 Å². The maximum atomic E-state index is 10.8. The second-order valence-corrected chi connectivity index (χ2v) is 2.59. The molecule has 0 radical (unpaired) electrons. The molecule has 0 aromatic rings. The van der Waals surface area contributed by atoms with Crippen LogP contribution in [0.3, 0.4) is 0 Å². The Bertz CT molecular complexity index is 136. The monoisotopic (exact) mass is 142 g/mol. The molecule has 0 rings (SSSR count). The third-order valence-electron chi connectivity index (χ3n) is 1.27. The van der Waals surface area contributed by atoms with Crippen LogP contribution in [-0.4, -0.2) is 17.0 Å². The topological polar surface area (TPSA) is 37.3 Å². The molecule has 0 spiro atoms. The van der Waals surface area contributed by atoms with Crippen molar-refractivity contribution >= 4 is 5.78 Å². The highest BCUT2D eigenvalue weighted by molar-refractivity contribution is 5.94. The van der Waals surface area contributed by atoms with E-state index in [1.807, 2.05) is 0 Å². The number of carbonyl (C=O) groups excluding carboxylic acids is 1. The number of aliphatic hydroxyl groups excluding tert-OH is 1. The standard InChI is InChI=1S/C8H14O2/c1-6(2)8(10)5-4-7(3)9/h7,9H,1,4-5H2,2-3H3. The van der Waals surface area contributed by atoms with E-state index >= 15 is 0 Å². The van der Waals surface area contributed by atoms with E-state index < -0.39 is 0 Å². The van der Waals surface area contributed by atoms with Crippen LogP contribution in [0.25, 0.3) is 0 Å². The Morgan fingerprint density at radius 3 is 2.50 bits per heavy atom. The van der Waals surface area contributed by atoms with Gasteiger partial charge < -0.3 is 5.11 Å². The lowest BCUT2D eigenvalue weighted by Crippen LogP contribution is -2.05. The van der Waals surface area contributed by atoms with Gasteiger partial charge >= 0.3 is 0 Å². The van der Waals surface area contributed by atoms with Gasteiger partial charge in [-0.2, -0.15) is 0 Å². The van der Waals surface area contributed by atoms with Gasteiger partial charge in [0.05, 0.1) is 6.10 Å². The van der Waals surface area contributed by atoms with Gasteiger partial charge in [0.15, 0.2) is 5.78 Å². The minimum absolute atomic E-state index is 0.0425. The molecule has 0 aromatic heterocycles. The molecule has 0 saturated heterocycles. The van der Waals surface area contributed by atoms with Crippen molar-refractivity contribution in [1.29, 1.82) is 0 Å². The van der Waals surface area contributed by atoms with E-state index in [-0.39, 0.29) is 11.9 Å². The van der Waals surface area contributed by atoms with E-state index in [4.69, 9.17) is 5.11 Å². The van der Waals surface area contributed by atoms with Gasteiger partial charge in [0.25, 0.3) is 0 Å². The van der Waals surface area contributed by atoms with Gasteiger partial charge in [-0.05, 0) is 25.8 Å². The van der Waals surface area contributed by atoms with E-state index in [1.165, 1.54) is 0 Å². The fourth-order valence-electron chi connectivity index (χ4n) is 0.553. The van der Waals surface area contributed by atoms with Crippen LogP contribution in [0.2, 0.25) is 0 Å². The number of aliphatic hydroxyl groups is 1. The third kappa shape index (κ3) is 4.27. The minimum atomic E-state index is -0.386. The zero-order chi connectivity index (χ0) is 8.15. The van der Waals surface area contributed by atoms with Crippen molar-refractivity contribution in [3.8, 4) is 0 Å². The first-order chi connectivity index (χ1) is 4.54. The Balaban J connectivity index is 3.50. The maximum Gasteiger partial charge on any atom is 0.158 e. The van der Waals surface area contributed by atoms with Crippen LogP contribution in [0.1, 0.15) is 26.7 Å². The molecule has 0 heterocycles. The Morgan fingerprint density at radius 1 is 1.70 bits per heavy atom. The van der Waals surface area contributed by atoms with Crippen molar-refractivity contribution in [3.05, 3.63) is 12.2 Å². The molecule has 2 nitrogen and oxygen atoms in total. The molecule has 0 aliphatic carbocycles. The number of hydrogen-bond donors (Lipinski definition) is 1. The lowest BCUT2D eigenvalue weighted by atomic mass is 10.1. The van der Waals surface area contributed by atoms with Crippen molar-refractivity contribution in [3.63, 3.8) is 0 Å². The summed E-state index contributed by atoms with van der Waals surface area (Å²) in [6.45, 7) is 6.86. The molecule has 1 atom stereocenters. The predicted octanol–water partition coefficient (Wildman–Crippen LogP) is 1.29. The van der Waals surface area contributed by atoms with Gasteiger partial charge in [-0.1, -0.05) is 6.58 Å². The highest BCUT2D eigenvalue weighted by atomic mass is 16.3. The van der Waals surface area contributed by atoms with Gasteiger partial charge in [-0.3, -0.25) is 4.79 Å². The molecule has 0 amide bonds. The second kappa shape index (κ2) is 4.23. The summed E-state index contributed by atoms with van der Waals surface area (Å²) in [4.78, 5) is 10.8. The van der Waals surface area contributed by atoms with Crippen molar-refractivity contribution in [2.75, 3.05) is 0 Å². The lowest BCUT2D eigenvalue weighted by Gasteiger charge is -2.01. The average Bonchev–Trinajstić information content (AvgIpc) is 1.82. The van der Waals surface area contributed by atoms with Gasteiger partial charge in [-0.15, -0.1) is 0 Å². The molecule has 58 valence electrons. The Labute approximate surface area is 61.6 Å². The molecule has 1 unspecified atom stereocenters. The maximum absolute atomic E-state index is 10.8. The smallest absolute Gasteiger partial charge is 0.158 e. The van der Waals surface area contributed by atoms with Gasteiger partial charge in [0, 0.05) is 6.42 Å². The van der Waals surface area contributed by atoms with Crippen LogP contribution >= 0.6 is 0 Å². The lowest BCUT2D eigenvalue weighted by molar-refractivity contribution is -0.116. The van der Waals surface area contributed by atoms with Crippen molar-refractivity contribution in [2.24, 2.45) is 0 Å². The predicted molar refractivity (Wildman–Crippen MR) is 40.7 cm³/mol. The molecular weight excluding hydrogens is 128 g/mol. The van der Waals surface area contributed by atoms with Crippen molar-refractivity contribution < 1.29 is 9.90 Å². The zero-order valence-electron chi connectivity index (χ0n) is 6.55. The minimum Gasteiger partial charge on any atom is -0.393 e. The van der Waals surface area contributed by atoms with Gasteiger partial charge in [-0.25, -0.2) is 0 Å². The number of rotatable bonds is 4. The van der Waals surface area contributed by atoms with Crippen molar-refractivity contribution in [2.45, 2.75) is 32.8 Å². The van der Waals surface area contributed by atoms with E-state index in [0.29, 0.717) is 18.4 Å². The summed E-state index contributed by atoms with van der Waals surface area (Å²) in [7, 11) is 0. The molecule has 0 aliphatic heterocycles. The summed E-state index contributed by atoms with van der Waals surface area (Å²) in [6.07, 6.45) is 0.557. The summed E-state index contributed by atoms with van der Waals surface area (Å²) in [5.41, 5.74) is 0.570. The molecule has 2 heteroatoms. The molecule has 0 aliphatic rings. The van der Waals surface area contributed by atoms with Crippen LogP contribution in [0.15, 0.2) is 12.2 Å². The van der Waals surface area contributed by atoms with Crippen molar-refractivity contribution in [1.82, 2.24) is 0 Å². The van der Waals surface area contributed by atoms with E-state index in [1.54, 1.807) is 13.8 Å². The second-order valence-electron chi connectivity index (χ2n) is 2.59. The SMILES string of the molecule is C=C(C)C(=O)CCC(C)O. The normalized spacial score (nSPS) is 12.7. The summed E-state index contributed by atoms with van der Waals surface area (Å²) in [5.74, 6) is 0.0425. The summed E-state index contributed by atoms with van der Waals surface area (Å²) in [5, 5.41) is 8.80. The van der Waals surface area contributed by atoms with Crippen LogP contribution in [0.5, 0.6) is 0 Å². The number of Topliss-reactive ketones (excluding diaryl/α,β-unsaturated/α-hetero) is 1. The Hall–Kier alpha value is -0.630. The van der Waals surface area contributed by atoms with Crippen LogP contribution < -0.4 is 0 Å². The first kappa shape index (κ1) is 9.37. The number of ketones is 1. The Kier molecular flexibility index (Phi) is 3.96. The van der Waals surface area contributed by atoms with Crippen LogP contribution in [0.4, 0.5) is 0 Å². The quantitative estimate of drug-likeness (QED) is 0.600. The number of allylic oxidation sites excluding steroid dienone is 1. The van der Waals surface area contributed by atoms with E-state index in [0.717, 1.165) is 0 Å². The van der Waals surface area contributed by atoms with Crippen LogP contribution in [0, 0.1) is 0 Å². The molecule has 10 heavy (non-hydrogen) atoms. The molecule has 1 N–H and O–H groups in total. The number of hydrogen-bond acceptors (Lipinski definition) is 2. The molecule has 0 saturated carbocycles. The summed E-state index contributed by atoms with van der Waals surface area (Å²) in [6, 6.07) is 0. The van der Waals surface area contributed by atoms with Crippen LogP contribution in [-0.2, 0) is 4.79 Å². The van der Waals surface area contributed by atoms with E-state index in [9.17, 15) is 4.79 Å². The van der Waals surface area contributed by atoms with Gasteiger partial charge in [0.2, 0.25) is 0 Å². The summed E-state index contributed by atoms with van der Waals surface area (Å²) < 4.78 is 0. The first-order valence-corrected chi connectivity index (χ1v) is 3.41. The third-order valence-corrected chi connectivity index (χ3v) is 1.27. The highest BCUT2D eigenvalue weighted by Gasteiger charge is 2.03. The first-order valence-electron chi connectivity index (χ1n) is 3.41. The highest BCUT2D eigenvalue weighted by Crippen LogP contribution is 2.01. The Morgan fingerprint density at radius 2 is 2.20 bits per heavy atom. The molecule has 0 fully saturated rings. The largest absolute Gasteiger partial charge is 0.393 e. The van der Waals surface area contributed by atoms with E-state index in [2.05, 4.69) is 6.58 Å². The number of carbonyl (C=O) groups is 1. The zero-order valence-corrected chi connectivity index (χ0v) is 6.55. The fourth-order valence-corrected chi connectivity index (χ4v) is 0.553. The summed E-state index contributed by atoms with van der Waals surface area (Å²) >= 11 is 0. The molecule has 0 aromatic carbocycles. The molecular formula is C8H14O2. The average molecular weight is 142 g/mol.